The van der Waals surface area contributed by atoms with Crippen molar-refractivity contribution in [3.8, 4) is 17.2 Å². The number of anilines is 1. The highest BCUT2D eigenvalue weighted by molar-refractivity contribution is 5.89. The van der Waals surface area contributed by atoms with E-state index in [0.29, 0.717) is 11.5 Å². The summed E-state index contributed by atoms with van der Waals surface area (Å²) in [5, 5.41) is 11.4. The van der Waals surface area contributed by atoms with Crippen LogP contribution in [-0.4, -0.2) is 42.7 Å². The van der Waals surface area contributed by atoms with Gasteiger partial charge in [-0.2, -0.15) is 0 Å². The molecule has 0 bridgehead atoms. The molecule has 2 aromatic rings. The molecule has 7 nitrogen and oxygen atoms in total. The SMILES string of the molecule is COc1cc(C)ccc1Oc1ccc(NC(=O)N(C)CC(C)C(=O)O)cc1F. The minimum atomic E-state index is -1.00. The lowest BCUT2D eigenvalue weighted by atomic mass is 10.2. The van der Waals surface area contributed by atoms with Crippen LogP contribution < -0.4 is 14.8 Å². The third-order valence-corrected chi connectivity index (χ3v) is 4.04. The summed E-state index contributed by atoms with van der Waals surface area (Å²) in [5.74, 6) is -1.56. The summed E-state index contributed by atoms with van der Waals surface area (Å²) in [5.41, 5.74) is 1.20. The van der Waals surface area contributed by atoms with Crippen molar-refractivity contribution in [1.82, 2.24) is 4.90 Å². The Kier molecular flexibility index (Phi) is 6.81. The predicted octanol–water partition coefficient (Wildman–Crippen LogP) is 4.12. The summed E-state index contributed by atoms with van der Waals surface area (Å²) in [6, 6.07) is 8.75. The molecule has 0 aromatic heterocycles. The molecule has 2 amide bonds. The van der Waals surface area contributed by atoms with E-state index >= 15 is 0 Å². The van der Waals surface area contributed by atoms with Crippen LogP contribution in [0.2, 0.25) is 0 Å². The number of ether oxygens (including phenoxy) is 2. The number of benzene rings is 2. The summed E-state index contributed by atoms with van der Waals surface area (Å²) in [6.07, 6.45) is 0. The van der Waals surface area contributed by atoms with E-state index in [0.717, 1.165) is 11.6 Å². The van der Waals surface area contributed by atoms with Crippen molar-refractivity contribution in [2.24, 2.45) is 5.92 Å². The molecule has 0 saturated carbocycles. The maximum absolute atomic E-state index is 14.4. The van der Waals surface area contributed by atoms with E-state index < -0.39 is 23.7 Å². The Bertz CT molecular complexity index is 872. The number of halogens is 1. The van der Waals surface area contributed by atoms with Crippen molar-refractivity contribution in [3.05, 3.63) is 47.8 Å². The Morgan fingerprint density at radius 1 is 1.18 bits per heavy atom. The van der Waals surface area contributed by atoms with Crippen LogP contribution in [0.3, 0.4) is 0 Å². The number of nitrogens with zero attached hydrogens (tertiary/aromatic N) is 1. The highest BCUT2D eigenvalue weighted by atomic mass is 19.1. The van der Waals surface area contributed by atoms with Crippen LogP contribution in [0.25, 0.3) is 0 Å². The minimum absolute atomic E-state index is 0.0204. The van der Waals surface area contributed by atoms with E-state index in [-0.39, 0.29) is 18.0 Å². The van der Waals surface area contributed by atoms with Crippen LogP contribution >= 0.6 is 0 Å². The van der Waals surface area contributed by atoms with Gasteiger partial charge in [0.1, 0.15) is 0 Å². The number of rotatable bonds is 7. The molecule has 2 N–H and O–H groups in total. The van der Waals surface area contributed by atoms with E-state index in [1.807, 2.05) is 13.0 Å². The highest BCUT2D eigenvalue weighted by Crippen LogP contribution is 2.34. The number of nitrogens with one attached hydrogen (secondary N) is 1. The number of carbonyl (C=O) groups is 2. The normalized spacial score (nSPS) is 11.5. The average Bonchev–Trinajstić information content (AvgIpc) is 2.64. The summed E-state index contributed by atoms with van der Waals surface area (Å²) in [4.78, 5) is 24.2. The first-order valence-electron chi connectivity index (χ1n) is 8.58. The van der Waals surface area contributed by atoms with Gasteiger partial charge in [0.2, 0.25) is 0 Å². The topological polar surface area (TPSA) is 88.1 Å². The maximum Gasteiger partial charge on any atom is 0.321 e. The number of aliphatic carboxylic acids is 1. The maximum atomic E-state index is 14.4. The molecule has 0 spiro atoms. The van der Waals surface area contributed by atoms with Crippen molar-refractivity contribution in [2.75, 3.05) is 26.0 Å². The van der Waals surface area contributed by atoms with Gasteiger partial charge in [-0.3, -0.25) is 4.79 Å². The molecule has 1 atom stereocenters. The van der Waals surface area contributed by atoms with E-state index in [4.69, 9.17) is 14.6 Å². The van der Waals surface area contributed by atoms with Gasteiger partial charge >= 0.3 is 12.0 Å². The lowest BCUT2D eigenvalue weighted by molar-refractivity contribution is -0.141. The van der Waals surface area contributed by atoms with Gasteiger partial charge in [-0.1, -0.05) is 13.0 Å². The predicted molar refractivity (Wildman–Crippen MR) is 103 cm³/mol. The quantitative estimate of drug-likeness (QED) is 0.743. The fourth-order valence-electron chi connectivity index (χ4n) is 2.43. The molecule has 0 aliphatic heterocycles. The van der Waals surface area contributed by atoms with Gasteiger partial charge < -0.3 is 24.8 Å². The van der Waals surface area contributed by atoms with Crippen molar-refractivity contribution >= 4 is 17.7 Å². The fraction of sp³-hybridized carbons (Fsp3) is 0.300. The summed E-state index contributed by atoms with van der Waals surface area (Å²) in [7, 11) is 2.96. The molecule has 0 fully saturated rings. The van der Waals surface area contributed by atoms with Crippen molar-refractivity contribution in [3.63, 3.8) is 0 Å². The van der Waals surface area contributed by atoms with Gasteiger partial charge in [-0.15, -0.1) is 0 Å². The highest BCUT2D eigenvalue weighted by Gasteiger charge is 2.18. The number of carbonyl (C=O) groups excluding carboxylic acids is 1. The number of carboxylic acid groups (broad SMARTS) is 1. The number of methoxy groups -OCH3 is 1. The van der Waals surface area contributed by atoms with Gasteiger partial charge in [-0.05, 0) is 36.8 Å². The zero-order valence-corrected chi connectivity index (χ0v) is 16.2. The van der Waals surface area contributed by atoms with E-state index in [2.05, 4.69) is 5.32 Å². The van der Waals surface area contributed by atoms with Gasteiger partial charge in [0, 0.05) is 25.3 Å². The fourth-order valence-corrected chi connectivity index (χ4v) is 2.43. The largest absolute Gasteiger partial charge is 0.493 e. The second-order valence-corrected chi connectivity index (χ2v) is 6.45. The van der Waals surface area contributed by atoms with Gasteiger partial charge in [0.05, 0.1) is 13.0 Å². The first-order chi connectivity index (χ1) is 13.2. The van der Waals surface area contributed by atoms with Crippen LogP contribution in [0.15, 0.2) is 36.4 Å². The number of hydrogen-bond donors (Lipinski definition) is 2. The molecule has 2 rings (SSSR count). The van der Waals surface area contributed by atoms with Crippen molar-refractivity contribution in [1.29, 1.82) is 0 Å². The van der Waals surface area contributed by atoms with Gasteiger partial charge in [0.15, 0.2) is 23.1 Å². The van der Waals surface area contributed by atoms with E-state index in [9.17, 15) is 14.0 Å². The summed E-state index contributed by atoms with van der Waals surface area (Å²) < 4.78 is 25.2. The minimum Gasteiger partial charge on any atom is -0.493 e. The molecule has 1 unspecified atom stereocenters. The zero-order chi connectivity index (χ0) is 20.8. The summed E-state index contributed by atoms with van der Waals surface area (Å²) >= 11 is 0. The molecule has 2 aromatic carbocycles. The zero-order valence-electron chi connectivity index (χ0n) is 16.2. The second-order valence-electron chi connectivity index (χ2n) is 6.45. The number of carboxylic acids is 1. The molecular formula is C20H23FN2O5. The molecule has 0 aliphatic carbocycles. The molecule has 0 heterocycles. The van der Waals surface area contributed by atoms with E-state index in [1.165, 1.54) is 38.1 Å². The average molecular weight is 390 g/mol. The van der Waals surface area contributed by atoms with Crippen molar-refractivity contribution in [2.45, 2.75) is 13.8 Å². The Hall–Kier alpha value is -3.29. The molecule has 0 aliphatic rings. The molecular weight excluding hydrogens is 367 g/mol. The number of urea groups is 1. The van der Waals surface area contributed by atoms with Crippen LogP contribution in [-0.2, 0) is 4.79 Å². The third kappa shape index (κ3) is 5.35. The van der Waals surface area contributed by atoms with E-state index in [1.54, 1.807) is 12.1 Å². The van der Waals surface area contributed by atoms with Crippen LogP contribution in [0, 0.1) is 18.7 Å². The lowest BCUT2D eigenvalue weighted by Crippen LogP contribution is -2.36. The molecule has 28 heavy (non-hydrogen) atoms. The number of aryl methyl sites for hydroxylation is 1. The first kappa shape index (κ1) is 21.0. The van der Waals surface area contributed by atoms with Crippen LogP contribution in [0.4, 0.5) is 14.9 Å². The molecule has 0 saturated heterocycles. The van der Waals surface area contributed by atoms with Crippen LogP contribution in [0.1, 0.15) is 12.5 Å². The Labute approximate surface area is 162 Å². The summed E-state index contributed by atoms with van der Waals surface area (Å²) in [6.45, 7) is 3.42. The first-order valence-corrected chi connectivity index (χ1v) is 8.58. The molecule has 150 valence electrons. The van der Waals surface area contributed by atoms with Gasteiger partial charge in [-0.25, -0.2) is 9.18 Å². The third-order valence-electron chi connectivity index (χ3n) is 4.04. The smallest absolute Gasteiger partial charge is 0.321 e. The van der Waals surface area contributed by atoms with Crippen molar-refractivity contribution < 1.29 is 28.6 Å². The Morgan fingerprint density at radius 3 is 2.46 bits per heavy atom. The van der Waals surface area contributed by atoms with Gasteiger partial charge in [0.25, 0.3) is 0 Å². The second kappa shape index (κ2) is 9.07. The number of hydrogen-bond acceptors (Lipinski definition) is 4. The Morgan fingerprint density at radius 2 is 1.86 bits per heavy atom. The molecule has 8 heteroatoms. The lowest BCUT2D eigenvalue weighted by Gasteiger charge is -2.20. The molecule has 0 radical (unpaired) electrons. The monoisotopic (exact) mass is 390 g/mol. The standard InChI is InChI=1S/C20H23FN2O5/c1-12-5-7-17(18(9-12)27-4)28-16-8-6-14(10-15(16)21)22-20(26)23(3)11-13(2)19(24)25/h5-10,13H,11H2,1-4H3,(H,22,26)(H,24,25). The Balaban J connectivity index is 2.08. The van der Waals surface area contributed by atoms with Crippen LogP contribution in [0.5, 0.6) is 17.2 Å². The number of amides is 2.